The van der Waals surface area contributed by atoms with Crippen LogP contribution in [0.5, 0.6) is 5.75 Å². The third-order valence-electron chi connectivity index (χ3n) is 7.00. The summed E-state index contributed by atoms with van der Waals surface area (Å²) in [4.78, 5) is 26.6. The molecule has 10 heteroatoms. The van der Waals surface area contributed by atoms with E-state index in [9.17, 15) is 27.9 Å². The summed E-state index contributed by atoms with van der Waals surface area (Å²) in [6, 6.07) is 9.46. The van der Waals surface area contributed by atoms with Crippen LogP contribution in [-0.2, 0) is 9.59 Å². The first kappa shape index (κ1) is 26.1. The zero-order chi connectivity index (χ0) is 26.2. The number of carboxylic acid groups (broad SMARTS) is 1. The van der Waals surface area contributed by atoms with Crippen LogP contribution in [0.25, 0.3) is 0 Å². The Bertz CT molecular complexity index is 1150. The summed E-state index contributed by atoms with van der Waals surface area (Å²) < 4.78 is 47.2. The lowest BCUT2D eigenvalue weighted by Crippen LogP contribution is -2.35. The van der Waals surface area contributed by atoms with Crippen molar-refractivity contribution in [2.45, 2.75) is 44.2 Å². The van der Waals surface area contributed by atoms with Gasteiger partial charge in [-0.2, -0.15) is 13.2 Å². The number of nitrogens with one attached hydrogen (secondary N) is 1. The van der Waals surface area contributed by atoms with Crippen molar-refractivity contribution >= 4 is 34.9 Å². The van der Waals surface area contributed by atoms with Gasteiger partial charge in [-0.15, -0.1) is 0 Å². The number of carboxylic acids is 1. The number of alkyl halides is 3. The molecule has 2 aromatic carbocycles. The Morgan fingerprint density at radius 1 is 1.19 bits per heavy atom. The molecule has 0 aromatic heterocycles. The molecule has 3 atom stereocenters. The van der Waals surface area contributed by atoms with Gasteiger partial charge in [0.05, 0.1) is 41.2 Å². The van der Waals surface area contributed by atoms with Gasteiger partial charge < -0.3 is 20.1 Å². The summed E-state index contributed by atoms with van der Waals surface area (Å²) in [6.45, 7) is 2.02. The van der Waals surface area contributed by atoms with Crippen LogP contribution in [0.15, 0.2) is 36.4 Å². The number of ether oxygens (including phenoxy) is 1. The van der Waals surface area contributed by atoms with E-state index in [1.807, 2.05) is 11.9 Å². The lowest BCUT2D eigenvalue weighted by molar-refractivity contribution is -0.178. The van der Waals surface area contributed by atoms with Crippen LogP contribution in [-0.4, -0.2) is 43.4 Å². The summed E-state index contributed by atoms with van der Waals surface area (Å²) in [7, 11) is 1.81. The lowest BCUT2D eigenvalue weighted by Gasteiger charge is -2.30. The first-order chi connectivity index (χ1) is 17.0. The Morgan fingerprint density at radius 2 is 1.89 bits per heavy atom. The Kier molecular flexibility index (Phi) is 7.41. The summed E-state index contributed by atoms with van der Waals surface area (Å²) in [5.74, 6) is -4.78. The van der Waals surface area contributed by atoms with Crippen molar-refractivity contribution in [1.82, 2.24) is 0 Å². The van der Waals surface area contributed by atoms with Gasteiger partial charge in [0, 0.05) is 7.05 Å². The minimum atomic E-state index is -4.62. The number of fused-ring (bicyclic) bond motifs is 1. The summed E-state index contributed by atoms with van der Waals surface area (Å²) in [6.07, 6.45) is -2.88. The molecule has 36 heavy (non-hydrogen) atoms. The zero-order valence-corrected chi connectivity index (χ0v) is 20.7. The minimum absolute atomic E-state index is 0.0713. The Labute approximate surface area is 212 Å². The minimum Gasteiger partial charge on any atom is -0.490 e. The fourth-order valence-electron chi connectivity index (χ4n) is 4.74. The summed E-state index contributed by atoms with van der Waals surface area (Å²) in [5, 5.41) is 12.1. The molecular weight excluding hydrogens is 497 g/mol. The molecule has 2 N–H and O–H groups in total. The summed E-state index contributed by atoms with van der Waals surface area (Å²) in [5.41, 5.74) is 1.68. The van der Waals surface area contributed by atoms with Crippen LogP contribution in [0.1, 0.15) is 49.1 Å². The van der Waals surface area contributed by atoms with E-state index in [0.29, 0.717) is 30.2 Å². The van der Waals surface area contributed by atoms with E-state index < -0.39 is 29.9 Å². The van der Waals surface area contributed by atoms with E-state index in [1.165, 1.54) is 12.1 Å². The van der Waals surface area contributed by atoms with Crippen LogP contribution < -0.4 is 15.0 Å². The predicted molar refractivity (Wildman–Crippen MR) is 131 cm³/mol. The second-order valence-electron chi connectivity index (χ2n) is 9.58. The van der Waals surface area contributed by atoms with Crippen molar-refractivity contribution < 1.29 is 32.6 Å². The van der Waals surface area contributed by atoms with Gasteiger partial charge >= 0.3 is 12.1 Å². The maximum atomic E-state index is 13.9. The molecule has 1 heterocycles. The van der Waals surface area contributed by atoms with Crippen molar-refractivity contribution in [3.8, 4) is 5.75 Å². The molecule has 194 valence electrons. The highest BCUT2D eigenvalue weighted by atomic mass is 35.5. The fraction of sp³-hybridized carbons (Fsp3) is 0.462. The van der Waals surface area contributed by atoms with E-state index in [-0.39, 0.29) is 34.5 Å². The highest BCUT2D eigenvalue weighted by molar-refractivity contribution is 6.33. The van der Waals surface area contributed by atoms with Crippen molar-refractivity contribution in [3.05, 3.63) is 52.5 Å². The Balaban J connectivity index is 1.66. The molecule has 0 saturated heterocycles. The number of benzene rings is 2. The van der Waals surface area contributed by atoms with E-state index >= 15 is 0 Å². The van der Waals surface area contributed by atoms with Crippen molar-refractivity contribution in [2.75, 3.05) is 30.4 Å². The molecule has 4 rings (SSSR count). The van der Waals surface area contributed by atoms with Gasteiger partial charge in [0.15, 0.2) is 0 Å². The molecule has 2 aromatic rings. The van der Waals surface area contributed by atoms with Crippen LogP contribution in [0.3, 0.4) is 0 Å². The SMILES string of the molecule is C[C@H](C(C(=O)Nc1cc([C@@H](CC(=O)O)C2CC2)ccc1Cl)c1ccc2c(c1)N(C)CCO2)C(F)(F)F. The largest absolute Gasteiger partial charge is 0.490 e. The number of likely N-dealkylation sites (N-methyl/N-ethyl adjacent to an activating group) is 1. The topological polar surface area (TPSA) is 78.9 Å². The number of amides is 1. The molecule has 2 aliphatic rings. The number of carbonyl (C=O) groups is 2. The van der Waals surface area contributed by atoms with Crippen molar-refractivity contribution in [1.29, 1.82) is 0 Å². The van der Waals surface area contributed by atoms with Gasteiger partial charge in [0.25, 0.3) is 0 Å². The average Bonchev–Trinajstić information content (AvgIpc) is 3.64. The van der Waals surface area contributed by atoms with Crippen molar-refractivity contribution in [3.63, 3.8) is 0 Å². The first-order valence-electron chi connectivity index (χ1n) is 11.8. The molecule has 0 bridgehead atoms. The van der Waals surface area contributed by atoms with E-state index in [0.717, 1.165) is 19.8 Å². The monoisotopic (exact) mass is 524 g/mol. The molecule has 1 aliphatic heterocycles. The number of carbonyl (C=O) groups excluding carboxylic acids is 1. The smallest absolute Gasteiger partial charge is 0.392 e. The molecule has 6 nitrogen and oxygen atoms in total. The molecular formula is C26H28ClF3N2O4. The van der Waals surface area contributed by atoms with E-state index in [4.69, 9.17) is 16.3 Å². The van der Waals surface area contributed by atoms with Crippen LogP contribution in [0.4, 0.5) is 24.5 Å². The molecule has 0 radical (unpaired) electrons. The van der Waals surface area contributed by atoms with Gasteiger partial charge in [-0.25, -0.2) is 0 Å². The highest BCUT2D eigenvalue weighted by Crippen LogP contribution is 2.46. The van der Waals surface area contributed by atoms with Crippen LogP contribution in [0, 0.1) is 11.8 Å². The first-order valence-corrected chi connectivity index (χ1v) is 12.2. The second-order valence-corrected chi connectivity index (χ2v) is 9.98. The standard InChI is InChI=1S/C26H28ClF3N2O4/c1-14(26(28,29)30)24(17-6-8-22-21(12-17)32(2)9-10-36-22)25(35)31-20-11-16(5-7-19(20)27)18(13-23(33)34)15-3-4-15/h5-8,11-12,14-15,18,24H,3-4,9-10,13H2,1-2H3,(H,31,35)(H,33,34)/t14-,18+,24?/m1/s1. The van der Waals surface area contributed by atoms with Crippen LogP contribution in [0.2, 0.25) is 5.02 Å². The number of halogens is 4. The van der Waals surface area contributed by atoms with Gasteiger partial charge in [-0.05, 0) is 60.1 Å². The molecule has 1 saturated carbocycles. The molecule has 1 amide bonds. The van der Waals surface area contributed by atoms with Crippen LogP contribution >= 0.6 is 11.6 Å². The third kappa shape index (κ3) is 5.72. The number of aliphatic carboxylic acids is 1. The van der Waals surface area contributed by atoms with Gasteiger partial charge in [-0.3, -0.25) is 9.59 Å². The number of rotatable bonds is 8. The molecule has 1 unspecified atom stereocenters. The second kappa shape index (κ2) is 10.2. The molecule has 0 spiro atoms. The van der Waals surface area contributed by atoms with Gasteiger partial charge in [0.1, 0.15) is 12.4 Å². The Hall–Kier alpha value is -2.94. The molecule has 1 aliphatic carbocycles. The number of anilines is 2. The third-order valence-corrected chi connectivity index (χ3v) is 7.33. The number of nitrogens with zero attached hydrogens (tertiary/aromatic N) is 1. The fourth-order valence-corrected chi connectivity index (χ4v) is 4.91. The number of hydrogen-bond donors (Lipinski definition) is 2. The highest BCUT2D eigenvalue weighted by Gasteiger charge is 2.45. The van der Waals surface area contributed by atoms with Gasteiger partial charge in [0.2, 0.25) is 5.91 Å². The van der Waals surface area contributed by atoms with Crippen molar-refractivity contribution in [2.24, 2.45) is 11.8 Å². The maximum Gasteiger partial charge on any atom is 0.392 e. The lowest BCUT2D eigenvalue weighted by atomic mass is 9.85. The van der Waals surface area contributed by atoms with E-state index in [2.05, 4.69) is 5.32 Å². The Morgan fingerprint density at radius 3 is 2.53 bits per heavy atom. The quantitative estimate of drug-likeness (QED) is 0.439. The zero-order valence-electron chi connectivity index (χ0n) is 19.9. The predicted octanol–water partition coefficient (Wildman–Crippen LogP) is 6.06. The molecule has 1 fully saturated rings. The van der Waals surface area contributed by atoms with E-state index in [1.54, 1.807) is 24.3 Å². The van der Waals surface area contributed by atoms with Gasteiger partial charge in [-0.1, -0.05) is 30.7 Å². The normalized spacial score (nSPS) is 18.0. The number of hydrogen-bond acceptors (Lipinski definition) is 4. The maximum absolute atomic E-state index is 13.9. The average molecular weight is 525 g/mol. The summed E-state index contributed by atoms with van der Waals surface area (Å²) >= 11 is 6.30.